The van der Waals surface area contributed by atoms with Gasteiger partial charge in [-0.3, -0.25) is 0 Å². The summed E-state index contributed by atoms with van der Waals surface area (Å²) in [6, 6.07) is 0. The number of thiol groups is 1. The molecule has 1 aliphatic rings. The van der Waals surface area contributed by atoms with Crippen LogP contribution in [0, 0.1) is 0 Å². The Bertz CT molecular complexity index is 50.0. The maximum atomic E-state index is 4.81. The lowest BCUT2D eigenvalue weighted by Gasteiger charge is -2.00. The Kier molecular flexibility index (Phi) is 2.00. The van der Waals surface area contributed by atoms with Crippen molar-refractivity contribution in [2.45, 2.75) is 31.8 Å². The Hall–Kier alpha value is 0.310. The standard InChI is InChI=1S/C5H10OS/c7-6-5-3-1-2-4-5/h5,7H,1-4H2. The Morgan fingerprint density at radius 1 is 1.29 bits per heavy atom. The molecule has 0 aromatic carbocycles. The van der Waals surface area contributed by atoms with Crippen LogP contribution in [-0.4, -0.2) is 6.10 Å². The van der Waals surface area contributed by atoms with Gasteiger partial charge in [-0.15, -0.1) is 0 Å². The van der Waals surface area contributed by atoms with E-state index in [1.54, 1.807) is 0 Å². The molecule has 0 unspecified atom stereocenters. The topological polar surface area (TPSA) is 9.23 Å². The highest BCUT2D eigenvalue weighted by molar-refractivity contribution is 7.75. The van der Waals surface area contributed by atoms with Crippen LogP contribution in [0.3, 0.4) is 0 Å². The normalized spacial score (nSPS) is 23.6. The number of rotatable bonds is 1. The predicted molar refractivity (Wildman–Crippen MR) is 32.3 cm³/mol. The van der Waals surface area contributed by atoms with Crippen LogP contribution in [0.15, 0.2) is 0 Å². The first-order valence-corrected chi connectivity index (χ1v) is 3.10. The highest BCUT2D eigenvalue weighted by Gasteiger charge is 2.13. The third-order valence-electron chi connectivity index (χ3n) is 1.45. The Morgan fingerprint density at radius 2 is 1.86 bits per heavy atom. The van der Waals surface area contributed by atoms with E-state index in [0.29, 0.717) is 6.10 Å². The summed E-state index contributed by atoms with van der Waals surface area (Å²) in [5.74, 6) is 0. The van der Waals surface area contributed by atoms with Gasteiger partial charge < -0.3 is 4.18 Å². The van der Waals surface area contributed by atoms with E-state index in [0.717, 1.165) is 0 Å². The van der Waals surface area contributed by atoms with Crippen molar-refractivity contribution < 1.29 is 4.18 Å². The van der Waals surface area contributed by atoms with Gasteiger partial charge in [-0.2, -0.15) is 0 Å². The number of hydrogen-bond acceptors (Lipinski definition) is 2. The SMILES string of the molecule is SOC1CCCC1. The zero-order valence-corrected chi connectivity index (χ0v) is 5.16. The van der Waals surface area contributed by atoms with Crippen LogP contribution in [0.25, 0.3) is 0 Å². The largest absolute Gasteiger partial charge is 0.315 e. The molecule has 0 aromatic rings. The minimum absolute atomic E-state index is 0.461. The van der Waals surface area contributed by atoms with Crippen LogP contribution in [-0.2, 0) is 4.18 Å². The summed E-state index contributed by atoms with van der Waals surface area (Å²) in [4.78, 5) is 0. The van der Waals surface area contributed by atoms with Crippen molar-refractivity contribution >= 4 is 12.9 Å². The van der Waals surface area contributed by atoms with Gasteiger partial charge in [0.2, 0.25) is 0 Å². The van der Waals surface area contributed by atoms with E-state index in [2.05, 4.69) is 12.9 Å². The highest BCUT2D eigenvalue weighted by Crippen LogP contribution is 2.21. The van der Waals surface area contributed by atoms with E-state index in [-0.39, 0.29) is 0 Å². The molecule has 0 spiro atoms. The maximum absolute atomic E-state index is 4.81. The molecule has 0 radical (unpaired) electrons. The second kappa shape index (κ2) is 2.58. The van der Waals surface area contributed by atoms with Crippen molar-refractivity contribution in [1.29, 1.82) is 0 Å². The van der Waals surface area contributed by atoms with Crippen molar-refractivity contribution in [2.24, 2.45) is 0 Å². The van der Waals surface area contributed by atoms with Crippen LogP contribution in [0.1, 0.15) is 25.7 Å². The zero-order valence-electron chi connectivity index (χ0n) is 4.26. The van der Waals surface area contributed by atoms with Crippen LogP contribution in [0.4, 0.5) is 0 Å². The summed E-state index contributed by atoms with van der Waals surface area (Å²) in [5.41, 5.74) is 0. The minimum Gasteiger partial charge on any atom is -0.315 e. The van der Waals surface area contributed by atoms with Gasteiger partial charge in [-0.05, 0) is 25.8 Å². The third-order valence-corrected chi connectivity index (χ3v) is 1.75. The molecule has 1 fully saturated rings. The second-order valence-corrected chi connectivity index (χ2v) is 2.22. The molecular weight excluding hydrogens is 108 g/mol. The molecule has 1 saturated carbocycles. The lowest BCUT2D eigenvalue weighted by molar-refractivity contribution is 0.257. The fourth-order valence-corrected chi connectivity index (χ4v) is 1.20. The molecule has 7 heavy (non-hydrogen) atoms. The second-order valence-electron chi connectivity index (χ2n) is 2.01. The smallest absolute Gasteiger partial charge is 0.0719 e. The Morgan fingerprint density at radius 3 is 2.14 bits per heavy atom. The molecular formula is C5H10OS. The zero-order chi connectivity index (χ0) is 5.11. The van der Waals surface area contributed by atoms with Gasteiger partial charge in [-0.1, -0.05) is 12.8 Å². The molecule has 1 rings (SSSR count). The quantitative estimate of drug-likeness (QED) is 0.408. The summed E-state index contributed by atoms with van der Waals surface area (Å²) in [7, 11) is 0. The maximum Gasteiger partial charge on any atom is 0.0719 e. The molecule has 0 heterocycles. The summed E-state index contributed by atoms with van der Waals surface area (Å²) in [6.45, 7) is 0. The molecule has 42 valence electrons. The van der Waals surface area contributed by atoms with Gasteiger partial charge in [0.1, 0.15) is 0 Å². The molecule has 0 aliphatic heterocycles. The van der Waals surface area contributed by atoms with Crippen LogP contribution in [0.2, 0.25) is 0 Å². The molecule has 2 heteroatoms. The van der Waals surface area contributed by atoms with Gasteiger partial charge >= 0.3 is 0 Å². The summed E-state index contributed by atoms with van der Waals surface area (Å²) in [6.07, 6.45) is 5.53. The van der Waals surface area contributed by atoms with Crippen LogP contribution < -0.4 is 0 Å². The van der Waals surface area contributed by atoms with Crippen LogP contribution >= 0.6 is 12.9 Å². The highest BCUT2D eigenvalue weighted by atomic mass is 32.1. The molecule has 1 aliphatic carbocycles. The van der Waals surface area contributed by atoms with E-state index in [1.165, 1.54) is 25.7 Å². The molecule has 0 bridgehead atoms. The van der Waals surface area contributed by atoms with Gasteiger partial charge in [0.05, 0.1) is 6.10 Å². The van der Waals surface area contributed by atoms with Crippen molar-refractivity contribution in [3.63, 3.8) is 0 Å². The summed E-state index contributed by atoms with van der Waals surface area (Å²) < 4.78 is 4.81. The molecule has 1 nitrogen and oxygen atoms in total. The van der Waals surface area contributed by atoms with Gasteiger partial charge in [-0.25, -0.2) is 0 Å². The van der Waals surface area contributed by atoms with E-state index in [1.807, 2.05) is 0 Å². The molecule has 0 N–H and O–H groups in total. The fraction of sp³-hybridized carbons (Fsp3) is 1.00. The average Bonchev–Trinajstić information content (AvgIpc) is 2.14. The molecule has 0 saturated heterocycles. The Labute approximate surface area is 49.7 Å². The van der Waals surface area contributed by atoms with Crippen molar-refractivity contribution in [3.05, 3.63) is 0 Å². The van der Waals surface area contributed by atoms with Gasteiger partial charge in [0.15, 0.2) is 0 Å². The first kappa shape index (κ1) is 5.45. The third kappa shape index (κ3) is 1.35. The Balaban J connectivity index is 2.14. The van der Waals surface area contributed by atoms with E-state index < -0.39 is 0 Å². The van der Waals surface area contributed by atoms with Gasteiger partial charge in [0, 0.05) is 0 Å². The number of hydrogen-bond donors (Lipinski definition) is 1. The van der Waals surface area contributed by atoms with Gasteiger partial charge in [0.25, 0.3) is 0 Å². The molecule has 0 atom stereocenters. The van der Waals surface area contributed by atoms with Crippen molar-refractivity contribution in [2.75, 3.05) is 0 Å². The molecule has 0 amide bonds. The minimum atomic E-state index is 0.461. The monoisotopic (exact) mass is 118 g/mol. The van der Waals surface area contributed by atoms with E-state index in [4.69, 9.17) is 4.18 Å². The first-order valence-electron chi connectivity index (χ1n) is 2.73. The van der Waals surface area contributed by atoms with Crippen molar-refractivity contribution in [3.8, 4) is 0 Å². The fourth-order valence-electron chi connectivity index (χ4n) is 0.994. The lowest BCUT2D eigenvalue weighted by Crippen LogP contribution is -1.97. The van der Waals surface area contributed by atoms with E-state index in [9.17, 15) is 0 Å². The van der Waals surface area contributed by atoms with E-state index >= 15 is 0 Å². The summed E-state index contributed by atoms with van der Waals surface area (Å²) >= 11 is 3.72. The summed E-state index contributed by atoms with van der Waals surface area (Å²) in [5, 5.41) is 0. The lowest BCUT2D eigenvalue weighted by atomic mass is 10.3. The van der Waals surface area contributed by atoms with Crippen LogP contribution in [0.5, 0.6) is 0 Å². The average molecular weight is 118 g/mol. The molecule has 0 aromatic heterocycles. The predicted octanol–water partition coefficient (Wildman–Crippen LogP) is 1.79. The van der Waals surface area contributed by atoms with Crippen molar-refractivity contribution in [1.82, 2.24) is 0 Å². The first-order chi connectivity index (χ1) is 3.43.